The first-order chi connectivity index (χ1) is 8.24. The van der Waals surface area contributed by atoms with Crippen LogP contribution in [0.2, 0.25) is 0 Å². The third kappa shape index (κ3) is 3.91. The summed E-state index contributed by atoms with van der Waals surface area (Å²) < 4.78 is 10.4. The number of ether oxygens (including phenoxy) is 2. The van der Waals surface area contributed by atoms with E-state index in [1.165, 1.54) is 0 Å². The van der Waals surface area contributed by atoms with Crippen molar-refractivity contribution in [1.29, 1.82) is 0 Å². The predicted octanol–water partition coefficient (Wildman–Crippen LogP) is 1.24. The highest BCUT2D eigenvalue weighted by molar-refractivity contribution is 5.42. The summed E-state index contributed by atoms with van der Waals surface area (Å²) in [5.74, 6) is 1.36. The van der Waals surface area contributed by atoms with E-state index in [0.29, 0.717) is 11.5 Å². The summed E-state index contributed by atoms with van der Waals surface area (Å²) in [5, 5.41) is 18.0. The summed E-state index contributed by atoms with van der Waals surface area (Å²) in [6.07, 6.45) is 1.55. The standard InChI is InChI=1S/C13H20O4/c1-16-12-6-5-10(7-13(12)17-2)3-4-11(8-14)9-15/h5-7,11,14-15H,3-4,8-9H2,1-2H3. The Hall–Kier alpha value is -1.26. The summed E-state index contributed by atoms with van der Waals surface area (Å²) >= 11 is 0. The minimum Gasteiger partial charge on any atom is -0.493 e. The highest BCUT2D eigenvalue weighted by Crippen LogP contribution is 2.28. The van der Waals surface area contributed by atoms with Crippen molar-refractivity contribution in [2.75, 3.05) is 27.4 Å². The summed E-state index contributed by atoms with van der Waals surface area (Å²) in [7, 11) is 3.21. The van der Waals surface area contributed by atoms with E-state index in [-0.39, 0.29) is 19.1 Å². The molecule has 17 heavy (non-hydrogen) atoms. The van der Waals surface area contributed by atoms with Crippen molar-refractivity contribution >= 4 is 0 Å². The van der Waals surface area contributed by atoms with Gasteiger partial charge >= 0.3 is 0 Å². The van der Waals surface area contributed by atoms with Gasteiger partial charge in [0.1, 0.15) is 0 Å². The third-order valence-corrected chi connectivity index (χ3v) is 2.81. The van der Waals surface area contributed by atoms with Crippen molar-refractivity contribution in [3.8, 4) is 11.5 Å². The van der Waals surface area contributed by atoms with Gasteiger partial charge in [-0.25, -0.2) is 0 Å². The second-order valence-corrected chi connectivity index (χ2v) is 3.96. The van der Waals surface area contributed by atoms with Gasteiger partial charge in [0.2, 0.25) is 0 Å². The molecule has 1 rings (SSSR count). The maximum absolute atomic E-state index is 8.98. The molecule has 0 saturated heterocycles. The molecule has 0 heterocycles. The molecule has 96 valence electrons. The van der Waals surface area contributed by atoms with E-state index in [2.05, 4.69) is 0 Å². The largest absolute Gasteiger partial charge is 0.493 e. The third-order valence-electron chi connectivity index (χ3n) is 2.81. The Bertz CT molecular complexity index is 334. The number of hydrogen-bond acceptors (Lipinski definition) is 4. The quantitative estimate of drug-likeness (QED) is 0.752. The maximum Gasteiger partial charge on any atom is 0.160 e. The number of rotatable bonds is 7. The minimum atomic E-state index is -0.0527. The highest BCUT2D eigenvalue weighted by Gasteiger charge is 2.08. The number of methoxy groups -OCH3 is 2. The monoisotopic (exact) mass is 240 g/mol. The average molecular weight is 240 g/mol. The van der Waals surface area contributed by atoms with Gasteiger partial charge in [-0.15, -0.1) is 0 Å². The van der Waals surface area contributed by atoms with Crippen LogP contribution in [0.3, 0.4) is 0 Å². The highest BCUT2D eigenvalue weighted by atomic mass is 16.5. The summed E-state index contributed by atoms with van der Waals surface area (Å²) in [6.45, 7) is 0.0353. The Morgan fingerprint density at radius 2 is 1.71 bits per heavy atom. The van der Waals surface area contributed by atoms with Crippen LogP contribution in [-0.4, -0.2) is 37.6 Å². The van der Waals surface area contributed by atoms with E-state index in [4.69, 9.17) is 19.7 Å². The molecule has 0 aliphatic rings. The summed E-state index contributed by atoms with van der Waals surface area (Å²) in [5.41, 5.74) is 1.11. The van der Waals surface area contributed by atoms with Gasteiger partial charge in [-0.05, 0) is 30.5 Å². The van der Waals surface area contributed by atoms with E-state index in [9.17, 15) is 0 Å². The number of aliphatic hydroxyl groups excluding tert-OH is 2. The molecule has 0 amide bonds. The Morgan fingerprint density at radius 3 is 2.24 bits per heavy atom. The molecule has 4 nitrogen and oxygen atoms in total. The van der Waals surface area contributed by atoms with Crippen LogP contribution in [0.4, 0.5) is 0 Å². The predicted molar refractivity (Wildman–Crippen MR) is 65.5 cm³/mol. The molecule has 1 aromatic rings. The molecule has 1 aromatic carbocycles. The SMILES string of the molecule is COc1ccc(CCC(CO)CO)cc1OC. The number of benzene rings is 1. The van der Waals surface area contributed by atoms with Gasteiger partial charge in [-0.1, -0.05) is 6.07 Å². The fourth-order valence-electron chi connectivity index (χ4n) is 1.65. The van der Waals surface area contributed by atoms with Crippen LogP contribution in [0, 0.1) is 5.92 Å². The lowest BCUT2D eigenvalue weighted by Crippen LogP contribution is -2.11. The average Bonchev–Trinajstić information content (AvgIpc) is 2.39. The molecular weight excluding hydrogens is 220 g/mol. The van der Waals surface area contributed by atoms with Crippen LogP contribution < -0.4 is 9.47 Å². The molecule has 2 N–H and O–H groups in total. The molecule has 0 spiro atoms. The maximum atomic E-state index is 8.98. The lowest BCUT2D eigenvalue weighted by Gasteiger charge is -2.12. The number of hydrogen-bond donors (Lipinski definition) is 2. The Balaban J connectivity index is 2.66. The van der Waals surface area contributed by atoms with Gasteiger partial charge in [0.05, 0.1) is 14.2 Å². The number of aryl methyl sites for hydroxylation is 1. The van der Waals surface area contributed by atoms with E-state index >= 15 is 0 Å². The first kappa shape index (κ1) is 13.8. The smallest absolute Gasteiger partial charge is 0.160 e. The molecule has 0 aromatic heterocycles. The van der Waals surface area contributed by atoms with Crippen molar-refractivity contribution in [3.63, 3.8) is 0 Å². The molecule has 0 aliphatic carbocycles. The van der Waals surface area contributed by atoms with Gasteiger partial charge in [-0.2, -0.15) is 0 Å². The number of aliphatic hydroxyl groups is 2. The second-order valence-electron chi connectivity index (χ2n) is 3.96. The summed E-state index contributed by atoms with van der Waals surface area (Å²) in [4.78, 5) is 0. The molecular formula is C13H20O4. The Labute approximate surface area is 102 Å². The van der Waals surface area contributed by atoms with E-state index in [1.807, 2.05) is 18.2 Å². The fraction of sp³-hybridized carbons (Fsp3) is 0.538. The first-order valence-electron chi connectivity index (χ1n) is 5.67. The van der Waals surface area contributed by atoms with Gasteiger partial charge in [-0.3, -0.25) is 0 Å². The van der Waals surface area contributed by atoms with E-state index in [0.717, 1.165) is 18.4 Å². The summed E-state index contributed by atoms with van der Waals surface area (Å²) in [6, 6.07) is 5.75. The molecule has 0 bridgehead atoms. The van der Waals surface area contributed by atoms with Crippen molar-refractivity contribution in [1.82, 2.24) is 0 Å². The zero-order valence-electron chi connectivity index (χ0n) is 10.3. The van der Waals surface area contributed by atoms with Crippen molar-refractivity contribution in [3.05, 3.63) is 23.8 Å². The van der Waals surface area contributed by atoms with Gasteiger partial charge in [0.15, 0.2) is 11.5 Å². The van der Waals surface area contributed by atoms with Crippen LogP contribution in [0.1, 0.15) is 12.0 Å². The molecule has 0 saturated carbocycles. The topological polar surface area (TPSA) is 58.9 Å². The van der Waals surface area contributed by atoms with E-state index in [1.54, 1.807) is 14.2 Å². The molecule has 4 heteroatoms. The normalized spacial score (nSPS) is 10.6. The van der Waals surface area contributed by atoms with Crippen molar-refractivity contribution < 1.29 is 19.7 Å². The van der Waals surface area contributed by atoms with Crippen LogP contribution in [0.15, 0.2) is 18.2 Å². The fourth-order valence-corrected chi connectivity index (χ4v) is 1.65. The minimum absolute atomic E-state index is 0.0176. The van der Waals surface area contributed by atoms with Gasteiger partial charge < -0.3 is 19.7 Å². The zero-order chi connectivity index (χ0) is 12.7. The lowest BCUT2D eigenvalue weighted by atomic mass is 10.0. The molecule has 0 aliphatic heterocycles. The van der Waals surface area contributed by atoms with Crippen LogP contribution >= 0.6 is 0 Å². The zero-order valence-corrected chi connectivity index (χ0v) is 10.3. The molecule has 0 radical (unpaired) electrons. The molecule has 0 atom stereocenters. The lowest BCUT2D eigenvalue weighted by molar-refractivity contribution is 0.144. The second kappa shape index (κ2) is 7.14. The van der Waals surface area contributed by atoms with Crippen molar-refractivity contribution in [2.45, 2.75) is 12.8 Å². The Kier molecular flexibility index (Phi) is 5.80. The molecule has 0 unspecified atom stereocenters. The molecule has 0 fully saturated rings. The first-order valence-corrected chi connectivity index (χ1v) is 5.67. The Morgan fingerprint density at radius 1 is 1.06 bits per heavy atom. The van der Waals surface area contributed by atoms with Gasteiger partial charge in [0.25, 0.3) is 0 Å². The van der Waals surface area contributed by atoms with Crippen LogP contribution in [0.5, 0.6) is 11.5 Å². The van der Waals surface area contributed by atoms with Crippen molar-refractivity contribution in [2.24, 2.45) is 5.92 Å². The van der Waals surface area contributed by atoms with Gasteiger partial charge in [0, 0.05) is 19.1 Å². The van der Waals surface area contributed by atoms with Crippen LogP contribution in [0.25, 0.3) is 0 Å². The van der Waals surface area contributed by atoms with E-state index < -0.39 is 0 Å². The van der Waals surface area contributed by atoms with Crippen LogP contribution in [-0.2, 0) is 6.42 Å².